The van der Waals surface area contributed by atoms with E-state index in [9.17, 15) is 19.2 Å². The number of methoxy groups -OCH3 is 2. The number of carbonyl (C=O) groups is 4. The monoisotopic (exact) mass is 1190 g/mol. The summed E-state index contributed by atoms with van der Waals surface area (Å²) in [4.78, 5) is 52.8. The number of ether oxygens (including phenoxy) is 4. The molecular weight excluding hydrogens is 1090 g/mol. The van der Waals surface area contributed by atoms with Gasteiger partial charge in [0, 0.05) is 38.0 Å². The SMILES string of the molecule is CCCCNC(=O)C[C@H](CC(C)C)NC(=O)c1cc(-c2c(OC)cccc2OCc2ccccc2)n(C2CCCC(C)C2)n1.CCCCNC(=O)C[C@H](CC(C)C)NC(=O)c1cc(-c2c(OC)cccc2OCc2ccccc2)n(C2CCCCC2)n1. The molecule has 2 unspecified atom stereocenters. The van der Waals surface area contributed by atoms with Gasteiger partial charge in [-0.2, -0.15) is 10.2 Å². The minimum atomic E-state index is -0.288. The molecule has 0 saturated heterocycles. The molecule has 8 rings (SSSR count). The van der Waals surface area contributed by atoms with Gasteiger partial charge in [-0.25, -0.2) is 0 Å². The Bertz CT molecular complexity index is 3080. The molecule has 2 heterocycles. The lowest BCUT2D eigenvalue weighted by Crippen LogP contribution is -2.40. The van der Waals surface area contributed by atoms with Gasteiger partial charge in [-0.1, -0.05) is 166 Å². The molecule has 87 heavy (non-hydrogen) atoms. The Labute approximate surface area is 517 Å². The molecule has 4 N–H and O–H groups in total. The van der Waals surface area contributed by atoms with Crippen LogP contribution in [0.3, 0.4) is 0 Å². The highest BCUT2D eigenvalue weighted by molar-refractivity contribution is 5.95. The summed E-state index contributed by atoms with van der Waals surface area (Å²) in [5, 5.41) is 22.1. The van der Waals surface area contributed by atoms with E-state index in [1.807, 2.05) is 119 Å². The van der Waals surface area contributed by atoms with E-state index in [1.54, 1.807) is 14.2 Å². The number of nitrogens with one attached hydrogen (secondary N) is 4. The maximum Gasteiger partial charge on any atom is 0.272 e. The number of amides is 4. The Morgan fingerprint density at radius 3 is 1.38 bits per heavy atom. The third-order valence-electron chi connectivity index (χ3n) is 16.3. The van der Waals surface area contributed by atoms with E-state index in [0.717, 1.165) is 104 Å². The lowest BCUT2D eigenvalue weighted by molar-refractivity contribution is -0.122. The maximum absolute atomic E-state index is 13.8. The Morgan fingerprint density at radius 1 is 0.540 bits per heavy atom. The van der Waals surface area contributed by atoms with Gasteiger partial charge in [0.25, 0.3) is 11.8 Å². The molecule has 6 aromatic rings. The molecule has 470 valence electrons. The minimum Gasteiger partial charge on any atom is -0.496 e. The Hall–Kier alpha value is -7.62. The summed E-state index contributed by atoms with van der Waals surface area (Å²) < 4.78 is 28.5. The number of hydrogen-bond acceptors (Lipinski definition) is 10. The zero-order valence-electron chi connectivity index (χ0n) is 53.3. The van der Waals surface area contributed by atoms with Gasteiger partial charge in [0.2, 0.25) is 11.8 Å². The molecule has 2 fully saturated rings. The molecule has 16 heteroatoms. The summed E-state index contributed by atoms with van der Waals surface area (Å²) in [5.41, 5.74) is 5.96. The topological polar surface area (TPSA) is 189 Å². The lowest BCUT2D eigenvalue weighted by Gasteiger charge is -2.29. The molecule has 4 amide bonds. The number of nitrogens with zero attached hydrogens (tertiary/aromatic N) is 4. The van der Waals surface area contributed by atoms with Crippen molar-refractivity contribution in [3.63, 3.8) is 0 Å². The van der Waals surface area contributed by atoms with E-state index in [1.165, 1.54) is 12.8 Å². The first kappa shape index (κ1) is 66.9. The Kier molecular flexibility index (Phi) is 26.6. The van der Waals surface area contributed by atoms with E-state index in [0.29, 0.717) is 91.3 Å². The van der Waals surface area contributed by atoms with Crippen LogP contribution in [-0.4, -0.2) is 82.6 Å². The molecule has 0 bridgehead atoms. The van der Waals surface area contributed by atoms with Crippen molar-refractivity contribution in [3.8, 4) is 45.5 Å². The van der Waals surface area contributed by atoms with Crippen molar-refractivity contribution in [2.45, 2.75) is 195 Å². The van der Waals surface area contributed by atoms with Gasteiger partial charge < -0.3 is 40.2 Å². The van der Waals surface area contributed by atoms with E-state index in [2.05, 4.69) is 69.7 Å². The predicted octanol–water partition coefficient (Wildman–Crippen LogP) is 14.4. The Morgan fingerprint density at radius 2 is 0.966 bits per heavy atom. The molecule has 0 aliphatic heterocycles. The van der Waals surface area contributed by atoms with Gasteiger partial charge in [-0.3, -0.25) is 28.5 Å². The number of hydrogen-bond donors (Lipinski definition) is 4. The lowest BCUT2D eigenvalue weighted by atomic mass is 9.87. The number of benzene rings is 4. The highest BCUT2D eigenvalue weighted by Crippen LogP contribution is 2.44. The molecule has 2 aromatic heterocycles. The Balaban J connectivity index is 0.000000249. The van der Waals surface area contributed by atoms with Crippen molar-refractivity contribution in [2.24, 2.45) is 17.8 Å². The zero-order valence-corrected chi connectivity index (χ0v) is 53.3. The fraction of sp³-hybridized carbons (Fsp3) is 0.521. The van der Waals surface area contributed by atoms with E-state index < -0.39 is 0 Å². The van der Waals surface area contributed by atoms with Crippen LogP contribution in [0.1, 0.15) is 202 Å². The zero-order chi connectivity index (χ0) is 62.1. The van der Waals surface area contributed by atoms with Crippen molar-refractivity contribution in [1.29, 1.82) is 0 Å². The van der Waals surface area contributed by atoms with Crippen LogP contribution >= 0.6 is 0 Å². The second kappa shape index (κ2) is 34.7. The van der Waals surface area contributed by atoms with Crippen LogP contribution in [0.5, 0.6) is 23.0 Å². The first-order valence-electron chi connectivity index (χ1n) is 32.2. The van der Waals surface area contributed by atoms with Crippen molar-refractivity contribution < 1.29 is 38.1 Å². The van der Waals surface area contributed by atoms with Crippen LogP contribution in [0.15, 0.2) is 109 Å². The van der Waals surface area contributed by atoms with Gasteiger partial charge in [-0.05, 0) is 117 Å². The summed E-state index contributed by atoms with van der Waals surface area (Å²) >= 11 is 0. The average Bonchev–Trinajstić information content (AvgIpc) is 1.78. The smallest absolute Gasteiger partial charge is 0.272 e. The normalized spacial score (nSPS) is 15.8. The van der Waals surface area contributed by atoms with E-state index in [4.69, 9.17) is 29.1 Å². The molecule has 0 radical (unpaired) electrons. The van der Waals surface area contributed by atoms with Gasteiger partial charge >= 0.3 is 0 Å². The highest BCUT2D eigenvalue weighted by atomic mass is 16.5. The molecule has 2 aliphatic rings. The standard InChI is InChI=1S/C36H50N4O4.C35H48N4O4/c1-6-7-19-37-34(41)22-28(20-25(2)3)38-36(42)30-23-31(40(39-30)29-16-11-13-26(4)21-29)35-32(43-5)17-12-18-33(35)44-24-27-14-9-8-10-15-27;1-5-6-20-36-33(40)22-27(21-25(2)3)37-35(41)29-23-30(39(38-29)28-16-11-8-12-17-28)34-31(42-4)18-13-19-32(34)43-24-26-14-9-7-10-15-26/h8-10,12,14-15,17-18,23,25-26,28-29H,6-7,11,13,16,19-22,24H2,1-5H3,(H,37,41)(H,38,42);7,9-10,13-15,18-19,23,25,27-28H,5-6,8,11-12,16-17,20-22,24H2,1-4H3,(H,36,40)(H,37,41)/t26?,28-,29?;27-/m00/s1. The molecule has 4 aromatic carbocycles. The average molecular weight is 1190 g/mol. The van der Waals surface area contributed by atoms with Crippen molar-refractivity contribution in [1.82, 2.24) is 40.8 Å². The van der Waals surface area contributed by atoms with Crippen LogP contribution in [0.25, 0.3) is 22.5 Å². The summed E-state index contributed by atoms with van der Waals surface area (Å²) in [6.07, 6.45) is 15.5. The fourth-order valence-corrected chi connectivity index (χ4v) is 11.9. The number of unbranched alkanes of at least 4 members (excludes halogenated alkanes) is 2. The van der Waals surface area contributed by atoms with E-state index >= 15 is 0 Å². The second-order valence-electron chi connectivity index (χ2n) is 24.6. The second-order valence-corrected chi connectivity index (χ2v) is 24.6. The molecule has 2 saturated carbocycles. The summed E-state index contributed by atoms with van der Waals surface area (Å²) in [6, 6.07) is 35.1. The molecule has 2 aliphatic carbocycles. The molecule has 0 spiro atoms. The van der Waals surface area contributed by atoms with Crippen LogP contribution in [0.2, 0.25) is 0 Å². The largest absolute Gasteiger partial charge is 0.496 e. The number of carbonyl (C=O) groups excluding carboxylic acids is 4. The summed E-state index contributed by atoms with van der Waals surface area (Å²) in [7, 11) is 3.30. The highest BCUT2D eigenvalue weighted by Gasteiger charge is 2.31. The summed E-state index contributed by atoms with van der Waals surface area (Å²) in [5.74, 6) is 3.25. The van der Waals surface area contributed by atoms with Crippen LogP contribution in [0, 0.1) is 17.8 Å². The van der Waals surface area contributed by atoms with Gasteiger partial charge in [-0.15, -0.1) is 0 Å². The third kappa shape index (κ3) is 20.2. The van der Waals surface area contributed by atoms with E-state index in [-0.39, 0.29) is 60.6 Å². The molecular formula is C71H98N8O8. The van der Waals surface area contributed by atoms with Gasteiger partial charge in [0.1, 0.15) is 36.2 Å². The predicted molar refractivity (Wildman–Crippen MR) is 345 cm³/mol. The fourth-order valence-electron chi connectivity index (χ4n) is 11.9. The maximum atomic E-state index is 13.8. The van der Waals surface area contributed by atoms with Crippen LogP contribution in [0.4, 0.5) is 0 Å². The number of aromatic nitrogens is 4. The van der Waals surface area contributed by atoms with Gasteiger partial charge in [0.05, 0.1) is 48.8 Å². The van der Waals surface area contributed by atoms with Crippen molar-refractivity contribution in [3.05, 3.63) is 132 Å². The minimum absolute atomic E-state index is 0.0398. The van der Waals surface area contributed by atoms with Crippen LogP contribution < -0.4 is 40.2 Å². The summed E-state index contributed by atoms with van der Waals surface area (Å²) in [6.45, 7) is 17.0. The van der Waals surface area contributed by atoms with Crippen molar-refractivity contribution >= 4 is 23.6 Å². The van der Waals surface area contributed by atoms with Gasteiger partial charge in [0.15, 0.2) is 11.4 Å². The quantitative estimate of drug-likeness (QED) is 0.0316. The first-order valence-corrected chi connectivity index (χ1v) is 32.2. The first-order chi connectivity index (χ1) is 42.2. The van der Waals surface area contributed by atoms with Crippen molar-refractivity contribution in [2.75, 3.05) is 27.3 Å². The number of rotatable bonds is 30. The van der Waals surface area contributed by atoms with Crippen LogP contribution in [-0.2, 0) is 22.8 Å². The molecule has 16 nitrogen and oxygen atoms in total. The third-order valence-corrected chi connectivity index (χ3v) is 16.3. The molecule has 4 atom stereocenters.